The van der Waals surface area contributed by atoms with Crippen molar-refractivity contribution in [3.05, 3.63) is 12.7 Å². The molecule has 0 radical (unpaired) electrons. The molecule has 0 aromatic heterocycles. The Morgan fingerprint density at radius 1 is 1.28 bits per heavy atom. The number of aliphatic hydroxyl groups is 1. The zero-order valence-electron chi connectivity index (χ0n) is 25.9. The van der Waals surface area contributed by atoms with E-state index in [0.29, 0.717) is 19.4 Å². The molecule has 0 aromatic carbocycles. The van der Waals surface area contributed by atoms with Crippen molar-refractivity contribution in [3.63, 3.8) is 0 Å². The molecule has 2 amide bonds. The van der Waals surface area contributed by atoms with Crippen LogP contribution < -0.4 is 0 Å². The molecule has 8 nitrogen and oxygen atoms in total. The van der Waals surface area contributed by atoms with Gasteiger partial charge in [0, 0.05) is 12.1 Å². The Bertz CT molecular complexity index is 971. The van der Waals surface area contributed by atoms with Crippen molar-refractivity contribution < 1.29 is 29.0 Å². The molecule has 3 aliphatic heterocycles. The van der Waals surface area contributed by atoms with Crippen LogP contribution in [0.3, 0.4) is 0 Å². The summed E-state index contributed by atoms with van der Waals surface area (Å²) >= 11 is 0. The van der Waals surface area contributed by atoms with Gasteiger partial charge in [-0.3, -0.25) is 14.4 Å². The summed E-state index contributed by atoms with van der Waals surface area (Å²) in [7, 11) is 0. The van der Waals surface area contributed by atoms with Crippen LogP contribution in [-0.4, -0.2) is 81.3 Å². The number of likely N-dealkylation sites (tertiary alicyclic amines) is 1. The van der Waals surface area contributed by atoms with E-state index in [0.717, 1.165) is 6.42 Å². The van der Waals surface area contributed by atoms with Crippen molar-refractivity contribution in [2.45, 2.75) is 117 Å². The van der Waals surface area contributed by atoms with E-state index in [4.69, 9.17) is 9.47 Å². The number of hydrogen-bond acceptors (Lipinski definition) is 6. The molecule has 3 rings (SSSR count). The second kappa shape index (κ2) is 10.8. The molecule has 1 spiro atoms. The molecule has 3 unspecified atom stereocenters. The first-order valence-electron chi connectivity index (χ1n) is 14.6. The molecule has 7 atom stereocenters. The van der Waals surface area contributed by atoms with E-state index in [-0.39, 0.29) is 42.3 Å². The minimum absolute atomic E-state index is 0.0558. The number of hydrogen-bond donors (Lipinski definition) is 1. The van der Waals surface area contributed by atoms with Gasteiger partial charge in [-0.05, 0) is 64.2 Å². The molecule has 3 aliphatic rings. The van der Waals surface area contributed by atoms with E-state index in [1.807, 2.05) is 46.4 Å². The minimum atomic E-state index is -1.18. The van der Waals surface area contributed by atoms with Crippen LogP contribution in [0.5, 0.6) is 0 Å². The Morgan fingerprint density at radius 2 is 1.90 bits per heavy atom. The number of ether oxygens (including phenoxy) is 2. The van der Waals surface area contributed by atoms with Crippen molar-refractivity contribution in [1.82, 2.24) is 9.80 Å². The zero-order chi connectivity index (χ0) is 29.7. The van der Waals surface area contributed by atoms with Gasteiger partial charge >= 0.3 is 5.97 Å². The van der Waals surface area contributed by atoms with Gasteiger partial charge in [-0.15, -0.1) is 6.58 Å². The van der Waals surface area contributed by atoms with Crippen LogP contribution in [0.15, 0.2) is 12.7 Å². The van der Waals surface area contributed by atoms with Crippen LogP contribution in [0, 0.1) is 29.1 Å². The second-order valence-electron chi connectivity index (χ2n) is 14.5. The van der Waals surface area contributed by atoms with Gasteiger partial charge in [0.2, 0.25) is 11.8 Å². The maximum absolute atomic E-state index is 14.9. The lowest BCUT2D eigenvalue weighted by atomic mass is 9.62. The normalized spacial score (nSPS) is 32.9. The summed E-state index contributed by atoms with van der Waals surface area (Å²) in [5.41, 5.74) is -2.71. The van der Waals surface area contributed by atoms with Crippen LogP contribution in [0.25, 0.3) is 0 Å². The summed E-state index contributed by atoms with van der Waals surface area (Å²) in [4.78, 5) is 46.1. The Balaban J connectivity index is 2.22. The predicted octanol–water partition coefficient (Wildman–Crippen LogP) is 4.20. The molecule has 2 bridgehead atoms. The molecule has 1 N–H and O–H groups in total. The van der Waals surface area contributed by atoms with E-state index in [9.17, 15) is 19.5 Å². The number of amides is 2. The molecule has 0 aliphatic carbocycles. The minimum Gasteiger partial charge on any atom is -0.466 e. The average molecular weight is 549 g/mol. The third kappa shape index (κ3) is 5.28. The molecule has 3 heterocycles. The number of aliphatic hydroxyl groups excluding tert-OH is 1. The molecule has 39 heavy (non-hydrogen) atoms. The van der Waals surface area contributed by atoms with Crippen molar-refractivity contribution in [2.75, 3.05) is 19.8 Å². The highest BCUT2D eigenvalue weighted by atomic mass is 16.6. The number of esters is 1. The topological polar surface area (TPSA) is 96.4 Å². The first-order chi connectivity index (χ1) is 17.9. The van der Waals surface area contributed by atoms with E-state index in [2.05, 4.69) is 27.4 Å². The SMILES string of the molecule is C=CCN(C(=O)C1N([C@@H](CO)CC(C)C)C(=O)[C@@H]2[C@@H](C(=O)OCC)[C@]3(C)OC12CC3C)C(C)(C)CC(C)(C)C. The first-order valence-corrected chi connectivity index (χ1v) is 14.6. The summed E-state index contributed by atoms with van der Waals surface area (Å²) in [6.07, 6.45) is 3.45. The average Bonchev–Trinajstić information content (AvgIpc) is 3.30. The molecule has 0 aromatic rings. The van der Waals surface area contributed by atoms with E-state index < -0.39 is 46.6 Å². The van der Waals surface area contributed by atoms with Gasteiger partial charge in [0.05, 0.1) is 30.8 Å². The second-order valence-corrected chi connectivity index (χ2v) is 14.5. The number of fused-ring (bicyclic) bond motifs is 1. The third-order valence-corrected chi connectivity index (χ3v) is 9.15. The van der Waals surface area contributed by atoms with E-state index in [1.165, 1.54) is 0 Å². The van der Waals surface area contributed by atoms with Gasteiger partial charge in [0.15, 0.2) is 0 Å². The molecular weight excluding hydrogens is 496 g/mol. The number of carbonyl (C=O) groups is 3. The van der Waals surface area contributed by atoms with Crippen molar-refractivity contribution in [1.29, 1.82) is 0 Å². The fraction of sp³-hybridized carbons (Fsp3) is 0.839. The van der Waals surface area contributed by atoms with Crippen LogP contribution in [0.1, 0.15) is 88.5 Å². The first kappa shape index (κ1) is 31.6. The van der Waals surface area contributed by atoms with Gasteiger partial charge in [0.25, 0.3) is 0 Å². The largest absolute Gasteiger partial charge is 0.466 e. The Morgan fingerprint density at radius 3 is 2.38 bits per heavy atom. The maximum atomic E-state index is 14.9. The van der Waals surface area contributed by atoms with Gasteiger partial charge in [-0.2, -0.15) is 0 Å². The molecule has 3 fully saturated rings. The third-order valence-electron chi connectivity index (χ3n) is 9.15. The highest BCUT2D eigenvalue weighted by Crippen LogP contribution is 2.66. The summed E-state index contributed by atoms with van der Waals surface area (Å²) in [5, 5.41) is 10.5. The predicted molar refractivity (Wildman–Crippen MR) is 151 cm³/mol. The van der Waals surface area contributed by atoms with Gasteiger partial charge in [-0.1, -0.05) is 47.6 Å². The Labute approximate surface area is 235 Å². The quantitative estimate of drug-likeness (QED) is 0.307. The van der Waals surface area contributed by atoms with Crippen LogP contribution in [-0.2, 0) is 23.9 Å². The highest BCUT2D eigenvalue weighted by molar-refractivity contribution is 5.99. The monoisotopic (exact) mass is 548 g/mol. The van der Waals surface area contributed by atoms with Crippen molar-refractivity contribution in [3.8, 4) is 0 Å². The summed E-state index contributed by atoms with van der Waals surface area (Å²) in [5.74, 6) is -2.52. The van der Waals surface area contributed by atoms with Crippen LogP contribution in [0.2, 0.25) is 0 Å². The lowest BCUT2D eigenvalue weighted by Crippen LogP contribution is -2.62. The zero-order valence-corrected chi connectivity index (χ0v) is 25.9. The summed E-state index contributed by atoms with van der Waals surface area (Å²) in [6.45, 7) is 24.4. The van der Waals surface area contributed by atoms with Gasteiger partial charge in [-0.25, -0.2) is 0 Å². The fourth-order valence-corrected chi connectivity index (χ4v) is 8.07. The lowest BCUT2D eigenvalue weighted by Gasteiger charge is -2.46. The Hall–Kier alpha value is -1.93. The number of carbonyl (C=O) groups excluding carboxylic acids is 3. The summed E-state index contributed by atoms with van der Waals surface area (Å²) < 4.78 is 12.3. The highest BCUT2D eigenvalue weighted by Gasteiger charge is 2.81. The van der Waals surface area contributed by atoms with Gasteiger partial charge in [0.1, 0.15) is 17.6 Å². The maximum Gasteiger partial charge on any atom is 0.312 e. The smallest absolute Gasteiger partial charge is 0.312 e. The fourth-order valence-electron chi connectivity index (χ4n) is 8.07. The van der Waals surface area contributed by atoms with Crippen LogP contribution in [0.4, 0.5) is 0 Å². The van der Waals surface area contributed by atoms with E-state index in [1.54, 1.807) is 17.9 Å². The van der Waals surface area contributed by atoms with Gasteiger partial charge < -0.3 is 24.4 Å². The number of nitrogens with zero attached hydrogens (tertiary/aromatic N) is 2. The molecule has 0 saturated carbocycles. The summed E-state index contributed by atoms with van der Waals surface area (Å²) in [6, 6.07) is -1.54. The molecule has 222 valence electrons. The standard InChI is InChI=1S/C31H52N2O6/c1-12-14-32(29(9,10)18-28(6,7)8)26(36)24-31-16-20(5)30(11,39-31)23(27(37)38-13-2)22(31)25(35)33(24)21(17-34)15-19(3)4/h12,19-24,34H,1,13-18H2,2-11H3/t20?,21-,22+,23+,24?,30-,31?/m1/s1. The van der Waals surface area contributed by atoms with Crippen molar-refractivity contribution >= 4 is 17.8 Å². The Kier molecular flexibility index (Phi) is 8.76. The lowest BCUT2D eigenvalue weighted by molar-refractivity contribution is -0.165. The van der Waals surface area contributed by atoms with Crippen LogP contribution >= 0.6 is 0 Å². The number of rotatable bonds is 11. The van der Waals surface area contributed by atoms with Crippen molar-refractivity contribution in [2.24, 2.45) is 29.1 Å². The van der Waals surface area contributed by atoms with E-state index >= 15 is 0 Å². The molecule has 3 saturated heterocycles. The molecule has 8 heteroatoms. The molecular formula is C31H52N2O6.